The van der Waals surface area contributed by atoms with Crippen LogP contribution >= 0.6 is 0 Å². The van der Waals surface area contributed by atoms with Gasteiger partial charge in [-0.2, -0.15) is 140 Å². The molecule has 0 aliphatic carbocycles. The van der Waals surface area contributed by atoms with Gasteiger partial charge in [-0.05, 0) is 0 Å². The summed E-state index contributed by atoms with van der Waals surface area (Å²) in [5.74, 6) is -135. The number of hydrogen-bond acceptors (Lipinski definition) is 1. The van der Waals surface area contributed by atoms with E-state index in [9.17, 15) is 145 Å². The summed E-state index contributed by atoms with van der Waals surface area (Å²) in [7, 11) is 0. The zero-order valence-electron chi connectivity index (χ0n) is 20.5. The lowest BCUT2D eigenvalue weighted by atomic mass is 9.83. The molecule has 0 aromatic rings. The normalized spacial score (nSPS) is 17.1. The number of rotatable bonds is 14. The topological polar surface area (TPSA) is 17.1 Å². The average molecular weight is 816 g/mol. The third-order valence-corrected chi connectivity index (χ3v) is 5.73. The van der Waals surface area contributed by atoms with Crippen molar-refractivity contribution in [2.24, 2.45) is 0 Å². The first-order chi connectivity index (χ1) is 20.4. The first-order valence-corrected chi connectivity index (χ1v) is 10.0. The fourth-order valence-electron chi connectivity index (χ4n) is 2.67. The molecule has 294 valence electrons. The minimum atomic E-state index is -10.2. The Morgan fingerprint density at radius 2 is 0.347 bits per heavy atom. The molecule has 0 saturated heterocycles. The summed E-state index contributed by atoms with van der Waals surface area (Å²) in [6.45, 7) is 0. The van der Waals surface area contributed by atoms with E-state index in [0.717, 1.165) is 0 Å². The van der Waals surface area contributed by atoms with E-state index < -0.39 is 95.1 Å². The highest BCUT2D eigenvalue weighted by Gasteiger charge is 3.01. The first-order valence-electron chi connectivity index (χ1n) is 10.0. The van der Waals surface area contributed by atoms with Crippen LogP contribution < -0.4 is 0 Å². The molecular weight excluding hydrogens is 816 g/mol. The smallest absolute Gasteiger partial charge is 0.254 e. The van der Waals surface area contributed by atoms with E-state index in [1.54, 1.807) is 0 Å². The van der Waals surface area contributed by atoms with Crippen molar-refractivity contribution in [3.8, 4) is 0 Å². The zero-order chi connectivity index (χ0) is 41.1. The number of halogens is 32. The molecule has 0 aliphatic heterocycles. The monoisotopic (exact) mass is 816 g/mol. The zero-order valence-corrected chi connectivity index (χ0v) is 20.5. The second kappa shape index (κ2) is 11.0. The number of alkyl halides is 31. The SMILES string of the molecule is O=C(F)C(F)(F)C(F)(F)C(F)(F)C(F)(F)C(F)(F)C(F)(F)C(F)(F)C(F)(F)C(F)(F)C(F)(F)C(F)(F)C(F)(F)C(F)(F)C(F)(F)C(F)(F)F. The van der Waals surface area contributed by atoms with Crippen LogP contribution in [0.1, 0.15) is 0 Å². The van der Waals surface area contributed by atoms with Crippen LogP contribution in [0.4, 0.5) is 140 Å². The summed E-state index contributed by atoms with van der Waals surface area (Å²) in [4.78, 5) is 9.70. The second-order valence-corrected chi connectivity index (χ2v) is 8.81. The minimum Gasteiger partial charge on any atom is -0.254 e. The molecule has 0 saturated carbocycles. The summed E-state index contributed by atoms with van der Waals surface area (Å²) in [6, 6.07) is -5.31. The van der Waals surface area contributed by atoms with Crippen molar-refractivity contribution in [2.75, 3.05) is 0 Å². The molecule has 0 spiro atoms. The van der Waals surface area contributed by atoms with Gasteiger partial charge in [0.05, 0.1) is 0 Å². The lowest BCUT2D eigenvalue weighted by Gasteiger charge is -2.46. The van der Waals surface area contributed by atoms with Gasteiger partial charge in [0.15, 0.2) is 0 Å². The Morgan fingerprint density at radius 3 is 0.469 bits per heavy atom. The van der Waals surface area contributed by atoms with E-state index in [1.807, 2.05) is 0 Å². The quantitative estimate of drug-likeness (QED) is 0.126. The van der Waals surface area contributed by atoms with Crippen molar-refractivity contribution >= 4 is 6.04 Å². The van der Waals surface area contributed by atoms with Gasteiger partial charge in [-0.3, -0.25) is 4.79 Å². The largest absolute Gasteiger partial charge is 0.460 e. The Balaban J connectivity index is 7.68. The minimum absolute atomic E-state index is 5.31. The lowest BCUT2D eigenvalue weighted by molar-refractivity contribution is -0.488. The van der Waals surface area contributed by atoms with Gasteiger partial charge in [0, 0.05) is 0 Å². The molecule has 0 aromatic carbocycles. The summed E-state index contributed by atoms with van der Waals surface area (Å²) in [6.07, 6.45) is -8.37. The maximum atomic E-state index is 13.7. The van der Waals surface area contributed by atoms with Crippen molar-refractivity contribution in [3.63, 3.8) is 0 Å². The van der Waals surface area contributed by atoms with Crippen LogP contribution in [0, 0.1) is 0 Å². The Labute approximate surface area is 242 Å². The summed E-state index contributed by atoms with van der Waals surface area (Å²) < 4.78 is 422. The fraction of sp³-hybridized carbons (Fsp3) is 0.938. The number of carbonyl (C=O) groups is 1. The van der Waals surface area contributed by atoms with E-state index in [-0.39, 0.29) is 0 Å². The van der Waals surface area contributed by atoms with Crippen molar-refractivity contribution in [3.05, 3.63) is 0 Å². The molecular formula is C16F32O. The molecule has 33 heteroatoms. The first kappa shape index (κ1) is 46.4. The number of hydrogen-bond donors (Lipinski definition) is 0. The van der Waals surface area contributed by atoms with Gasteiger partial charge in [-0.1, -0.05) is 0 Å². The molecule has 49 heavy (non-hydrogen) atoms. The van der Waals surface area contributed by atoms with Gasteiger partial charge in [0.1, 0.15) is 0 Å². The highest BCUT2D eigenvalue weighted by atomic mass is 19.4. The van der Waals surface area contributed by atoms with E-state index in [0.29, 0.717) is 0 Å². The Kier molecular flexibility index (Phi) is 10.4. The highest BCUT2D eigenvalue weighted by Crippen LogP contribution is 2.69. The summed E-state index contributed by atoms with van der Waals surface area (Å²) in [5, 5.41) is 0. The molecule has 0 atom stereocenters. The molecule has 0 aliphatic rings. The van der Waals surface area contributed by atoms with E-state index in [2.05, 4.69) is 0 Å². The Hall–Kier alpha value is -2.57. The average Bonchev–Trinajstić information content (AvgIpc) is 2.86. The molecule has 0 bridgehead atoms. The van der Waals surface area contributed by atoms with Crippen molar-refractivity contribution in [1.82, 2.24) is 0 Å². The molecule has 0 rings (SSSR count). The highest BCUT2D eigenvalue weighted by molar-refractivity contribution is 5.78. The molecule has 0 aromatic heterocycles. The predicted molar refractivity (Wildman–Crippen MR) is 81.4 cm³/mol. The summed E-state index contributed by atoms with van der Waals surface area (Å²) in [5.41, 5.74) is 0. The van der Waals surface area contributed by atoms with E-state index in [1.165, 1.54) is 0 Å². The molecule has 0 radical (unpaired) electrons. The lowest BCUT2D eigenvalue weighted by Crippen LogP contribution is -2.79. The van der Waals surface area contributed by atoms with Crippen LogP contribution in [0.2, 0.25) is 0 Å². The molecule has 0 fully saturated rings. The fourth-order valence-corrected chi connectivity index (χ4v) is 2.67. The Morgan fingerprint density at radius 1 is 0.224 bits per heavy atom. The Bertz CT molecular complexity index is 1250. The van der Waals surface area contributed by atoms with Gasteiger partial charge >= 0.3 is 95.1 Å². The van der Waals surface area contributed by atoms with Gasteiger partial charge in [0.25, 0.3) is 0 Å². The van der Waals surface area contributed by atoms with Crippen LogP contribution in [-0.2, 0) is 4.79 Å². The van der Waals surface area contributed by atoms with Crippen LogP contribution in [0.3, 0.4) is 0 Å². The third kappa shape index (κ3) is 5.12. The van der Waals surface area contributed by atoms with Crippen LogP contribution in [0.15, 0.2) is 0 Å². The molecule has 0 heterocycles. The van der Waals surface area contributed by atoms with Crippen molar-refractivity contribution < 1.29 is 145 Å². The van der Waals surface area contributed by atoms with Crippen molar-refractivity contribution in [2.45, 2.75) is 89.1 Å². The third-order valence-electron chi connectivity index (χ3n) is 5.73. The number of carbonyl (C=O) groups excluding carboxylic acids is 1. The maximum absolute atomic E-state index is 13.7. The van der Waals surface area contributed by atoms with Crippen LogP contribution in [0.25, 0.3) is 0 Å². The predicted octanol–water partition coefficient (Wildman–Crippen LogP) is 9.94. The van der Waals surface area contributed by atoms with Gasteiger partial charge < -0.3 is 0 Å². The maximum Gasteiger partial charge on any atom is 0.460 e. The van der Waals surface area contributed by atoms with Crippen LogP contribution in [-0.4, -0.2) is 95.1 Å². The van der Waals surface area contributed by atoms with E-state index >= 15 is 0 Å². The van der Waals surface area contributed by atoms with Gasteiger partial charge in [0.2, 0.25) is 0 Å². The molecule has 0 amide bonds. The molecule has 0 N–H and O–H groups in total. The van der Waals surface area contributed by atoms with Gasteiger partial charge in [-0.25, -0.2) is 0 Å². The second-order valence-electron chi connectivity index (χ2n) is 8.81. The summed E-state index contributed by atoms with van der Waals surface area (Å²) >= 11 is 0. The van der Waals surface area contributed by atoms with Gasteiger partial charge in [-0.15, -0.1) is 0 Å². The molecule has 1 nitrogen and oxygen atoms in total. The van der Waals surface area contributed by atoms with E-state index in [4.69, 9.17) is 0 Å². The van der Waals surface area contributed by atoms with Crippen molar-refractivity contribution in [1.29, 1.82) is 0 Å². The molecule has 0 unspecified atom stereocenters. The standard InChI is InChI=1S/C16F32O/c17-1(49)2(18,19)3(20,21)4(22,23)5(24,25)6(26,27)7(28,29)8(30,31)9(32,33)10(34,35)11(36,37)12(38,39)13(40,41)14(42,43)15(44,45)16(46,47)48. The van der Waals surface area contributed by atoms with Crippen LogP contribution in [0.5, 0.6) is 0 Å².